The van der Waals surface area contributed by atoms with E-state index >= 15 is 0 Å². The van der Waals surface area contributed by atoms with Gasteiger partial charge in [0.2, 0.25) is 0 Å². The maximum absolute atomic E-state index is 10.8. The van der Waals surface area contributed by atoms with Crippen LogP contribution in [0.1, 0.15) is 11.1 Å². The highest BCUT2D eigenvalue weighted by Crippen LogP contribution is 2.31. The van der Waals surface area contributed by atoms with Gasteiger partial charge in [0.1, 0.15) is 0 Å². The molecule has 2 rings (SSSR count). The van der Waals surface area contributed by atoms with Crippen molar-refractivity contribution in [1.82, 2.24) is 4.72 Å². The minimum Gasteiger partial charge on any atom is -0.216 e. The summed E-state index contributed by atoms with van der Waals surface area (Å²) in [6, 6.07) is 4.08. The molecule has 3 N–H and O–H groups in total. The molecule has 0 spiro atoms. The van der Waals surface area contributed by atoms with Crippen LogP contribution in [0.4, 0.5) is 0 Å². The fourth-order valence-electron chi connectivity index (χ4n) is 1.52. The first kappa shape index (κ1) is 13.0. The molecule has 0 radical (unpaired) electrons. The SMILES string of the molecule is Cc1cc2scc(CNS(N)(=O)=O)c2cc1Br. The Morgan fingerprint density at radius 3 is 2.82 bits per heavy atom. The largest absolute Gasteiger partial charge is 0.274 e. The van der Waals surface area contributed by atoms with E-state index in [1.807, 2.05) is 18.4 Å². The maximum atomic E-state index is 10.8. The lowest BCUT2D eigenvalue weighted by Crippen LogP contribution is -2.30. The molecule has 92 valence electrons. The highest BCUT2D eigenvalue weighted by Gasteiger charge is 2.08. The first-order chi connectivity index (χ1) is 7.87. The predicted octanol–water partition coefficient (Wildman–Crippen LogP) is 2.27. The zero-order chi connectivity index (χ0) is 12.6. The van der Waals surface area contributed by atoms with E-state index in [0.29, 0.717) is 0 Å². The molecule has 0 saturated carbocycles. The Kier molecular flexibility index (Phi) is 3.55. The molecule has 4 nitrogen and oxygen atoms in total. The van der Waals surface area contributed by atoms with Crippen molar-refractivity contribution in [2.24, 2.45) is 5.14 Å². The number of nitrogens with one attached hydrogen (secondary N) is 1. The summed E-state index contributed by atoms with van der Waals surface area (Å²) in [6.07, 6.45) is 0. The van der Waals surface area contributed by atoms with Crippen LogP contribution in [0.15, 0.2) is 22.0 Å². The first-order valence-corrected chi connectivity index (χ1v) is 8.02. The van der Waals surface area contributed by atoms with Gasteiger partial charge in [-0.15, -0.1) is 11.3 Å². The molecule has 0 unspecified atom stereocenters. The Labute approximate surface area is 112 Å². The third-order valence-corrected chi connectivity index (χ3v) is 4.79. The van der Waals surface area contributed by atoms with E-state index in [1.54, 1.807) is 11.3 Å². The zero-order valence-corrected chi connectivity index (χ0v) is 12.2. The van der Waals surface area contributed by atoms with Crippen molar-refractivity contribution in [1.29, 1.82) is 0 Å². The van der Waals surface area contributed by atoms with E-state index in [0.717, 1.165) is 25.7 Å². The fourth-order valence-corrected chi connectivity index (χ4v) is 3.26. The minimum absolute atomic E-state index is 0.217. The average molecular weight is 335 g/mol. The van der Waals surface area contributed by atoms with E-state index in [2.05, 4.69) is 26.7 Å². The Hall–Kier alpha value is -0.470. The number of thiophene rings is 1. The number of halogens is 1. The van der Waals surface area contributed by atoms with Gasteiger partial charge in [0.15, 0.2) is 0 Å². The monoisotopic (exact) mass is 334 g/mol. The van der Waals surface area contributed by atoms with Gasteiger partial charge in [0.25, 0.3) is 10.2 Å². The molecule has 17 heavy (non-hydrogen) atoms. The van der Waals surface area contributed by atoms with Crippen molar-refractivity contribution < 1.29 is 8.42 Å². The van der Waals surface area contributed by atoms with Gasteiger partial charge < -0.3 is 0 Å². The zero-order valence-electron chi connectivity index (χ0n) is 9.03. The maximum Gasteiger partial charge on any atom is 0.274 e. The van der Waals surface area contributed by atoms with Gasteiger partial charge in [-0.1, -0.05) is 15.9 Å². The molecule has 0 bridgehead atoms. The number of nitrogens with two attached hydrogens (primary N) is 1. The Morgan fingerprint density at radius 2 is 2.18 bits per heavy atom. The summed E-state index contributed by atoms with van der Waals surface area (Å²) >= 11 is 5.06. The summed E-state index contributed by atoms with van der Waals surface area (Å²) in [6.45, 7) is 2.24. The highest BCUT2D eigenvalue weighted by molar-refractivity contribution is 9.10. The number of benzene rings is 1. The lowest BCUT2D eigenvalue weighted by atomic mass is 10.1. The molecule has 2 aromatic rings. The molecule has 0 saturated heterocycles. The molecule has 1 heterocycles. The van der Waals surface area contributed by atoms with E-state index < -0.39 is 10.2 Å². The Morgan fingerprint density at radius 1 is 1.47 bits per heavy atom. The van der Waals surface area contributed by atoms with Crippen molar-refractivity contribution >= 4 is 47.6 Å². The van der Waals surface area contributed by atoms with Gasteiger partial charge in [0.05, 0.1) is 0 Å². The normalized spacial score (nSPS) is 12.2. The second-order valence-electron chi connectivity index (χ2n) is 3.72. The van der Waals surface area contributed by atoms with Gasteiger partial charge in [-0.25, -0.2) is 5.14 Å². The molecule has 1 aromatic heterocycles. The highest BCUT2D eigenvalue weighted by atomic mass is 79.9. The number of hydrogen-bond donors (Lipinski definition) is 2. The second kappa shape index (κ2) is 4.66. The third kappa shape index (κ3) is 3.05. The van der Waals surface area contributed by atoms with Gasteiger partial charge in [0, 0.05) is 15.7 Å². The molecule has 0 aliphatic heterocycles. The second-order valence-corrected chi connectivity index (χ2v) is 6.87. The van der Waals surface area contributed by atoms with Gasteiger partial charge >= 0.3 is 0 Å². The number of fused-ring (bicyclic) bond motifs is 1. The standard InChI is InChI=1S/C10H11BrN2O2S2/c1-6-2-10-8(3-9(6)11)7(5-16-10)4-13-17(12,14)15/h2-3,5,13H,4H2,1H3,(H2,12,14,15). The van der Waals surface area contributed by atoms with Crippen molar-refractivity contribution in [2.75, 3.05) is 0 Å². The molecular weight excluding hydrogens is 324 g/mol. The summed E-state index contributed by atoms with van der Waals surface area (Å²) < 4.78 is 26.1. The summed E-state index contributed by atoms with van der Waals surface area (Å²) in [5.41, 5.74) is 2.09. The van der Waals surface area contributed by atoms with Gasteiger partial charge in [-0.3, -0.25) is 0 Å². The van der Waals surface area contributed by atoms with Crippen LogP contribution in [0.2, 0.25) is 0 Å². The van der Waals surface area contributed by atoms with E-state index in [1.165, 1.54) is 0 Å². The third-order valence-electron chi connectivity index (χ3n) is 2.40. The van der Waals surface area contributed by atoms with Gasteiger partial charge in [-0.2, -0.15) is 13.1 Å². The van der Waals surface area contributed by atoms with Crippen molar-refractivity contribution in [3.8, 4) is 0 Å². The van der Waals surface area contributed by atoms with Crippen molar-refractivity contribution in [2.45, 2.75) is 13.5 Å². The van der Waals surface area contributed by atoms with E-state index in [-0.39, 0.29) is 6.54 Å². The molecule has 0 aliphatic carbocycles. The molecule has 1 aromatic carbocycles. The molecule has 0 aliphatic rings. The quantitative estimate of drug-likeness (QED) is 0.903. The van der Waals surface area contributed by atoms with Crippen LogP contribution in [0, 0.1) is 6.92 Å². The Bertz CT molecular complexity index is 664. The van der Waals surface area contributed by atoms with Crippen LogP contribution in [-0.4, -0.2) is 8.42 Å². The van der Waals surface area contributed by atoms with Crippen LogP contribution in [0.5, 0.6) is 0 Å². The molecular formula is C10H11BrN2O2S2. The summed E-state index contributed by atoms with van der Waals surface area (Å²) in [7, 11) is -3.64. The van der Waals surface area contributed by atoms with Crippen LogP contribution in [0.3, 0.4) is 0 Å². The lowest BCUT2D eigenvalue weighted by Gasteiger charge is -2.02. The molecule has 0 amide bonds. The van der Waals surface area contributed by atoms with Crippen molar-refractivity contribution in [3.63, 3.8) is 0 Å². The summed E-state index contributed by atoms with van der Waals surface area (Å²) in [5.74, 6) is 0. The van der Waals surface area contributed by atoms with Gasteiger partial charge in [-0.05, 0) is 40.9 Å². The molecule has 7 heteroatoms. The van der Waals surface area contributed by atoms with Crippen LogP contribution >= 0.6 is 27.3 Å². The fraction of sp³-hybridized carbons (Fsp3) is 0.200. The van der Waals surface area contributed by atoms with Crippen LogP contribution in [0.25, 0.3) is 10.1 Å². The minimum atomic E-state index is -3.64. The molecule has 0 atom stereocenters. The number of hydrogen-bond acceptors (Lipinski definition) is 3. The summed E-state index contributed by atoms with van der Waals surface area (Å²) in [4.78, 5) is 0. The molecule has 0 fully saturated rings. The predicted molar refractivity (Wildman–Crippen MR) is 74.2 cm³/mol. The average Bonchev–Trinajstić information content (AvgIpc) is 2.57. The number of aryl methyl sites for hydroxylation is 1. The van der Waals surface area contributed by atoms with Crippen LogP contribution in [-0.2, 0) is 16.8 Å². The van der Waals surface area contributed by atoms with Crippen molar-refractivity contribution in [3.05, 3.63) is 33.1 Å². The van der Waals surface area contributed by atoms with Crippen LogP contribution < -0.4 is 9.86 Å². The van der Waals surface area contributed by atoms with E-state index in [9.17, 15) is 8.42 Å². The first-order valence-electron chi connectivity index (χ1n) is 4.80. The Balaban J connectivity index is 2.39. The number of rotatable bonds is 3. The van der Waals surface area contributed by atoms with E-state index in [4.69, 9.17) is 5.14 Å². The summed E-state index contributed by atoms with van der Waals surface area (Å²) in [5, 5.41) is 7.89. The smallest absolute Gasteiger partial charge is 0.216 e. The topological polar surface area (TPSA) is 72.2 Å². The lowest BCUT2D eigenvalue weighted by molar-refractivity contribution is 0.583.